The Morgan fingerprint density at radius 1 is 1.36 bits per heavy atom. The Labute approximate surface area is 127 Å². The Morgan fingerprint density at radius 2 is 2.00 bits per heavy atom. The zero-order chi connectivity index (χ0) is 16.6. The first kappa shape index (κ1) is 17.1. The molecule has 1 aliphatic carbocycles. The number of carbonyl (C=O) groups excluding carboxylic acids is 1. The van der Waals surface area contributed by atoms with E-state index in [2.05, 4.69) is 5.32 Å². The minimum Gasteiger partial charge on any atom is -0.338 e. The number of rotatable bonds is 4. The lowest BCUT2D eigenvalue weighted by atomic mass is 9.94. The van der Waals surface area contributed by atoms with Crippen LogP contribution in [0, 0.1) is 5.41 Å². The van der Waals surface area contributed by atoms with Crippen molar-refractivity contribution >= 4 is 6.03 Å². The van der Waals surface area contributed by atoms with Crippen LogP contribution in [0.3, 0.4) is 0 Å². The third-order valence-corrected chi connectivity index (χ3v) is 4.64. The van der Waals surface area contributed by atoms with Crippen LogP contribution in [0.2, 0.25) is 0 Å². The molecule has 1 heterocycles. The maximum atomic E-state index is 13.3. The summed E-state index contributed by atoms with van der Waals surface area (Å²) in [4.78, 5) is 13.6. The third kappa shape index (κ3) is 3.55. The van der Waals surface area contributed by atoms with Crippen molar-refractivity contribution in [1.82, 2.24) is 10.2 Å². The van der Waals surface area contributed by atoms with Gasteiger partial charge in [-0.3, -0.25) is 0 Å². The molecule has 126 valence electrons. The Balaban J connectivity index is 1.77. The maximum Gasteiger partial charge on any atom is 0.394 e. The summed E-state index contributed by atoms with van der Waals surface area (Å²) in [5.74, 6) is -0.241. The summed E-state index contributed by atoms with van der Waals surface area (Å²) in [7, 11) is 0. The van der Waals surface area contributed by atoms with Gasteiger partial charge in [0.15, 0.2) is 0 Å². The molecule has 22 heavy (non-hydrogen) atoms. The van der Waals surface area contributed by atoms with Crippen LogP contribution in [0.15, 0.2) is 11.9 Å². The van der Waals surface area contributed by atoms with Gasteiger partial charge in [-0.25, -0.2) is 9.18 Å². The molecule has 2 aliphatic rings. The van der Waals surface area contributed by atoms with Crippen molar-refractivity contribution in [2.24, 2.45) is 5.41 Å². The molecule has 1 N–H and O–H groups in total. The standard InChI is InChI=1S/C15H22F4N2O/c1-13(2)10-11(16)4-9-21(13)12(22)20-8-3-5-14(6-7-14)15(17,18)19/h4H,3,5-10H2,1-2H3,(H,20,22). The van der Waals surface area contributed by atoms with Crippen LogP contribution in [0.1, 0.15) is 46.0 Å². The van der Waals surface area contributed by atoms with Gasteiger partial charge >= 0.3 is 12.2 Å². The topological polar surface area (TPSA) is 32.3 Å². The van der Waals surface area contributed by atoms with E-state index in [1.807, 2.05) is 0 Å². The van der Waals surface area contributed by atoms with Crippen LogP contribution < -0.4 is 5.32 Å². The summed E-state index contributed by atoms with van der Waals surface area (Å²) in [5.41, 5.74) is -2.15. The maximum absolute atomic E-state index is 13.3. The van der Waals surface area contributed by atoms with Gasteiger partial charge < -0.3 is 10.2 Å². The van der Waals surface area contributed by atoms with E-state index in [-0.39, 0.29) is 50.6 Å². The van der Waals surface area contributed by atoms with Crippen LogP contribution in [0.4, 0.5) is 22.4 Å². The fourth-order valence-electron chi connectivity index (χ4n) is 2.92. The summed E-state index contributed by atoms with van der Waals surface area (Å²) in [6.07, 6.45) is -1.92. The first-order valence-corrected chi connectivity index (χ1v) is 7.54. The molecule has 0 aromatic rings. The van der Waals surface area contributed by atoms with Crippen LogP contribution in [-0.4, -0.2) is 35.7 Å². The molecule has 0 spiro atoms. The molecular formula is C15H22F4N2O. The molecule has 0 atom stereocenters. The molecule has 1 fully saturated rings. The van der Waals surface area contributed by atoms with E-state index in [9.17, 15) is 22.4 Å². The van der Waals surface area contributed by atoms with Gasteiger partial charge in [0, 0.05) is 25.0 Å². The highest BCUT2D eigenvalue weighted by molar-refractivity contribution is 5.75. The van der Waals surface area contributed by atoms with E-state index < -0.39 is 17.1 Å². The zero-order valence-corrected chi connectivity index (χ0v) is 12.9. The van der Waals surface area contributed by atoms with Gasteiger partial charge in [-0.05, 0) is 45.6 Å². The van der Waals surface area contributed by atoms with Gasteiger partial charge in [-0.1, -0.05) is 0 Å². The van der Waals surface area contributed by atoms with Gasteiger partial charge in [-0.2, -0.15) is 13.2 Å². The fraction of sp³-hybridized carbons (Fsp3) is 0.800. The quantitative estimate of drug-likeness (QED) is 0.612. The van der Waals surface area contributed by atoms with Crippen LogP contribution in [0.5, 0.6) is 0 Å². The number of hydrogen-bond donors (Lipinski definition) is 1. The minimum absolute atomic E-state index is 0.0503. The summed E-state index contributed by atoms with van der Waals surface area (Å²) in [6.45, 7) is 3.91. The number of halogens is 4. The average molecular weight is 322 g/mol. The second-order valence-electron chi connectivity index (χ2n) is 6.86. The summed E-state index contributed by atoms with van der Waals surface area (Å²) in [5, 5.41) is 2.64. The highest BCUT2D eigenvalue weighted by Crippen LogP contribution is 2.60. The molecule has 0 unspecified atom stereocenters. The average Bonchev–Trinajstić information content (AvgIpc) is 3.13. The molecule has 1 saturated carbocycles. The summed E-state index contributed by atoms with van der Waals surface area (Å²) >= 11 is 0. The molecule has 0 bridgehead atoms. The second-order valence-corrected chi connectivity index (χ2v) is 6.86. The highest BCUT2D eigenvalue weighted by Gasteiger charge is 2.62. The Kier molecular flexibility index (Phi) is 4.46. The van der Waals surface area contributed by atoms with Gasteiger partial charge in [0.25, 0.3) is 0 Å². The molecule has 0 radical (unpaired) electrons. The van der Waals surface area contributed by atoms with E-state index in [0.29, 0.717) is 6.42 Å². The van der Waals surface area contributed by atoms with Crippen molar-refractivity contribution in [3.63, 3.8) is 0 Å². The van der Waals surface area contributed by atoms with E-state index in [1.54, 1.807) is 13.8 Å². The van der Waals surface area contributed by atoms with E-state index in [4.69, 9.17) is 0 Å². The number of hydrogen-bond acceptors (Lipinski definition) is 1. The molecule has 0 aromatic heterocycles. The van der Waals surface area contributed by atoms with Crippen LogP contribution in [0.25, 0.3) is 0 Å². The van der Waals surface area contributed by atoms with Gasteiger partial charge in [0.1, 0.15) is 5.83 Å². The van der Waals surface area contributed by atoms with Crippen molar-refractivity contribution in [3.05, 3.63) is 11.9 Å². The predicted octanol–water partition coefficient (Wildman–Crippen LogP) is 4.16. The van der Waals surface area contributed by atoms with Crippen molar-refractivity contribution in [2.45, 2.75) is 57.7 Å². The van der Waals surface area contributed by atoms with Crippen molar-refractivity contribution in [2.75, 3.05) is 13.1 Å². The van der Waals surface area contributed by atoms with Crippen LogP contribution >= 0.6 is 0 Å². The number of carbonyl (C=O) groups is 1. The molecule has 0 aromatic carbocycles. The molecule has 0 saturated heterocycles. The van der Waals surface area contributed by atoms with Crippen molar-refractivity contribution in [3.8, 4) is 0 Å². The molecule has 7 heteroatoms. The van der Waals surface area contributed by atoms with Gasteiger partial charge in [-0.15, -0.1) is 0 Å². The molecule has 3 nitrogen and oxygen atoms in total. The lowest BCUT2D eigenvalue weighted by Gasteiger charge is -2.40. The second kappa shape index (κ2) is 5.74. The molecule has 2 rings (SSSR count). The summed E-state index contributed by atoms with van der Waals surface area (Å²) < 4.78 is 51.6. The zero-order valence-electron chi connectivity index (χ0n) is 12.9. The molecular weight excluding hydrogens is 300 g/mol. The third-order valence-electron chi connectivity index (χ3n) is 4.64. The lowest BCUT2D eigenvalue weighted by molar-refractivity contribution is -0.189. The lowest BCUT2D eigenvalue weighted by Crippen LogP contribution is -2.53. The first-order chi connectivity index (χ1) is 10.1. The number of nitrogens with zero attached hydrogens (tertiary/aromatic N) is 1. The van der Waals surface area contributed by atoms with Crippen molar-refractivity contribution in [1.29, 1.82) is 0 Å². The highest BCUT2D eigenvalue weighted by atomic mass is 19.4. The molecule has 1 aliphatic heterocycles. The predicted molar refractivity (Wildman–Crippen MR) is 74.9 cm³/mol. The Hall–Kier alpha value is -1.27. The van der Waals surface area contributed by atoms with Gasteiger partial charge in [0.2, 0.25) is 0 Å². The minimum atomic E-state index is -4.14. The van der Waals surface area contributed by atoms with Gasteiger partial charge in [0.05, 0.1) is 5.41 Å². The largest absolute Gasteiger partial charge is 0.394 e. The van der Waals surface area contributed by atoms with E-state index in [1.165, 1.54) is 11.0 Å². The smallest absolute Gasteiger partial charge is 0.338 e. The normalized spacial score (nSPS) is 23.0. The van der Waals surface area contributed by atoms with Crippen molar-refractivity contribution < 1.29 is 22.4 Å². The van der Waals surface area contributed by atoms with E-state index >= 15 is 0 Å². The van der Waals surface area contributed by atoms with E-state index in [0.717, 1.165) is 0 Å². The monoisotopic (exact) mass is 322 g/mol. The number of amides is 2. The Bertz CT molecular complexity index is 467. The number of nitrogens with one attached hydrogen (secondary N) is 1. The Morgan fingerprint density at radius 3 is 2.50 bits per heavy atom. The number of urea groups is 1. The van der Waals surface area contributed by atoms with Crippen LogP contribution in [-0.2, 0) is 0 Å². The SMILES string of the molecule is CC1(C)CC(F)=CCN1C(=O)NCCCC1(C(F)(F)F)CC1. The first-order valence-electron chi connectivity index (χ1n) is 7.54. The summed E-state index contributed by atoms with van der Waals surface area (Å²) in [6, 6.07) is -0.356. The fourth-order valence-corrected chi connectivity index (χ4v) is 2.92. The molecule has 2 amide bonds. The number of alkyl halides is 3.